The van der Waals surface area contributed by atoms with Crippen LogP contribution in [-0.2, 0) is 6.54 Å². The maximum Gasteiger partial charge on any atom is 0.166 e. The maximum atomic E-state index is 9.21. The molecule has 0 unspecified atom stereocenters. The molecular weight excluding hydrogens is 226 g/mol. The molecule has 0 spiro atoms. The topological polar surface area (TPSA) is 79.6 Å². The van der Waals surface area contributed by atoms with Crippen molar-refractivity contribution in [3.63, 3.8) is 0 Å². The minimum absolute atomic E-state index is 0.0835. The van der Waals surface area contributed by atoms with Crippen LogP contribution in [0.25, 0.3) is 11.2 Å². The Bertz CT molecular complexity index is 558. The Labute approximate surface area is 97.3 Å². The summed E-state index contributed by atoms with van der Waals surface area (Å²) in [6, 6.07) is 0. The van der Waals surface area contributed by atoms with Gasteiger partial charge in [0.1, 0.15) is 0 Å². The van der Waals surface area contributed by atoms with Crippen LogP contribution in [0.4, 0.5) is 0 Å². The van der Waals surface area contributed by atoms with Gasteiger partial charge >= 0.3 is 0 Å². The van der Waals surface area contributed by atoms with Crippen molar-refractivity contribution in [2.45, 2.75) is 20.4 Å². The van der Waals surface area contributed by atoms with Gasteiger partial charge in [-0.05, 0) is 0 Å². The number of aliphatic hydroxyl groups excluding tert-OH is 1. The number of aliphatic hydroxyl groups is 1. The summed E-state index contributed by atoms with van der Waals surface area (Å²) in [5, 5.41) is 17.2. The third-order valence-electron chi connectivity index (χ3n) is 2.33. The van der Waals surface area contributed by atoms with Crippen molar-refractivity contribution < 1.29 is 5.11 Å². The summed E-state index contributed by atoms with van der Waals surface area (Å²) < 4.78 is 2.13. The zero-order valence-corrected chi connectivity index (χ0v) is 9.95. The zero-order valence-electron chi connectivity index (χ0n) is 9.14. The predicted octanol–water partition coefficient (Wildman–Crippen LogP) is 0.902. The average molecular weight is 239 g/mol. The van der Waals surface area contributed by atoms with E-state index in [0.29, 0.717) is 16.7 Å². The second-order valence-corrected chi connectivity index (χ2v) is 4.86. The molecule has 6 nitrogen and oxygen atoms in total. The summed E-state index contributed by atoms with van der Waals surface area (Å²) >= 11 is 5.04. The van der Waals surface area contributed by atoms with E-state index in [4.69, 9.17) is 12.2 Å². The van der Waals surface area contributed by atoms with Crippen LogP contribution in [0.15, 0.2) is 6.33 Å². The lowest BCUT2D eigenvalue weighted by molar-refractivity contribution is 0.137. The Balaban J connectivity index is 2.47. The van der Waals surface area contributed by atoms with Crippen LogP contribution in [-0.4, -0.2) is 36.7 Å². The molecule has 0 saturated carbocycles. The highest BCUT2D eigenvalue weighted by molar-refractivity contribution is 7.71. The van der Waals surface area contributed by atoms with Crippen LogP contribution in [0.5, 0.6) is 0 Å². The molecule has 86 valence electrons. The number of rotatable bonds is 3. The Morgan fingerprint density at radius 1 is 1.56 bits per heavy atom. The van der Waals surface area contributed by atoms with Crippen molar-refractivity contribution in [3.8, 4) is 0 Å². The second-order valence-electron chi connectivity index (χ2n) is 4.47. The number of aromatic amines is 1. The molecule has 16 heavy (non-hydrogen) atoms. The largest absolute Gasteiger partial charge is 0.396 e. The third-order valence-corrected chi connectivity index (χ3v) is 2.63. The number of hydrogen-bond acceptors (Lipinski definition) is 5. The molecule has 0 aliphatic heterocycles. The van der Waals surface area contributed by atoms with Gasteiger partial charge in [-0.3, -0.25) is 0 Å². The van der Waals surface area contributed by atoms with Gasteiger partial charge in [0.05, 0.1) is 12.9 Å². The summed E-state index contributed by atoms with van der Waals surface area (Å²) in [6.07, 6.45) is 1.52. The first-order valence-electron chi connectivity index (χ1n) is 4.91. The number of fused-ring (bicyclic) bond motifs is 1. The van der Waals surface area contributed by atoms with Crippen LogP contribution in [0.1, 0.15) is 13.8 Å². The SMILES string of the molecule is CC(C)(CO)Cn1nnc2c(=S)nc[nH]c21. The Morgan fingerprint density at radius 2 is 2.31 bits per heavy atom. The van der Waals surface area contributed by atoms with Gasteiger partial charge in [-0.25, -0.2) is 9.67 Å². The van der Waals surface area contributed by atoms with Crippen LogP contribution >= 0.6 is 12.2 Å². The van der Waals surface area contributed by atoms with Crippen molar-refractivity contribution in [3.05, 3.63) is 11.0 Å². The molecule has 0 aromatic carbocycles. The van der Waals surface area contributed by atoms with E-state index in [-0.39, 0.29) is 12.0 Å². The lowest BCUT2D eigenvalue weighted by Gasteiger charge is -2.20. The van der Waals surface area contributed by atoms with Crippen molar-refractivity contribution in [1.82, 2.24) is 25.0 Å². The van der Waals surface area contributed by atoms with Gasteiger partial charge in [0.15, 0.2) is 15.8 Å². The van der Waals surface area contributed by atoms with E-state index >= 15 is 0 Å². The molecule has 2 N–H and O–H groups in total. The normalized spacial score (nSPS) is 12.2. The first-order valence-corrected chi connectivity index (χ1v) is 5.32. The van der Waals surface area contributed by atoms with Crippen LogP contribution in [0, 0.1) is 10.1 Å². The van der Waals surface area contributed by atoms with E-state index in [9.17, 15) is 5.11 Å². The summed E-state index contributed by atoms with van der Waals surface area (Å²) in [6.45, 7) is 4.56. The van der Waals surface area contributed by atoms with Gasteiger partial charge in [-0.2, -0.15) is 0 Å². The number of hydrogen-bond donors (Lipinski definition) is 2. The Hall–Kier alpha value is -1.34. The van der Waals surface area contributed by atoms with Crippen molar-refractivity contribution in [1.29, 1.82) is 0 Å². The molecule has 0 saturated heterocycles. The summed E-state index contributed by atoms with van der Waals surface area (Å²) in [4.78, 5) is 6.90. The van der Waals surface area contributed by atoms with E-state index in [0.717, 1.165) is 5.65 Å². The first kappa shape index (κ1) is 11.2. The molecule has 2 aromatic heterocycles. The molecule has 0 bridgehead atoms. The monoisotopic (exact) mass is 239 g/mol. The molecule has 2 heterocycles. The highest BCUT2D eigenvalue weighted by Gasteiger charge is 2.19. The Kier molecular flexibility index (Phi) is 2.73. The Morgan fingerprint density at radius 3 is 3.00 bits per heavy atom. The van der Waals surface area contributed by atoms with E-state index in [1.165, 1.54) is 6.33 Å². The van der Waals surface area contributed by atoms with Crippen molar-refractivity contribution >= 4 is 23.4 Å². The highest BCUT2D eigenvalue weighted by atomic mass is 32.1. The lowest BCUT2D eigenvalue weighted by Crippen LogP contribution is -2.24. The quantitative estimate of drug-likeness (QED) is 0.778. The molecule has 2 aromatic rings. The van der Waals surface area contributed by atoms with E-state index in [1.54, 1.807) is 4.68 Å². The van der Waals surface area contributed by atoms with Crippen LogP contribution < -0.4 is 0 Å². The molecule has 0 aliphatic carbocycles. The molecule has 0 amide bonds. The van der Waals surface area contributed by atoms with E-state index < -0.39 is 0 Å². The molecule has 0 fully saturated rings. The number of aromatic nitrogens is 5. The minimum atomic E-state index is -0.251. The van der Waals surface area contributed by atoms with Gasteiger partial charge in [-0.15, -0.1) is 5.10 Å². The fourth-order valence-electron chi connectivity index (χ4n) is 1.38. The third kappa shape index (κ3) is 1.96. The van der Waals surface area contributed by atoms with Gasteiger partial charge < -0.3 is 10.1 Å². The molecule has 0 radical (unpaired) electrons. The van der Waals surface area contributed by atoms with Crippen LogP contribution in [0.3, 0.4) is 0 Å². The fourth-order valence-corrected chi connectivity index (χ4v) is 1.57. The van der Waals surface area contributed by atoms with Crippen molar-refractivity contribution in [2.24, 2.45) is 5.41 Å². The lowest BCUT2D eigenvalue weighted by atomic mass is 9.95. The number of H-pyrrole nitrogens is 1. The molecule has 2 rings (SSSR count). The summed E-state index contributed by atoms with van der Waals surface area (Å²) in [5.41, 5.74) is 1.08. The van der Waals surface area contributed by atoms with Gasteiger partial charge in [-0.1, -0.05) is 31.3 Å². The molecule has 0 aliphatic rings. The van der Waals surface area contributed by atoms with Gasteiger partial charge in [0.2, 0.25) is 0 Å². The average Bonchev–Trinajstić information content (AvgIpc) is 2.63. The maximum absolute atomic E-state index is 9.21. The van der Waals surface area contributed by atoms with Gasteiger partial charge in [0, 0.05) is 12.0 Å². The molecule has 0 atom stereocenters. The number of nitrogens with zero attached hydrogens (tertiary/aromatic N) is 4. The fraction of sp³-hybridized carbons (Fsp3) is 0.556. The number of nitrogens with one attached hydrogen (secondary N) is 1. The molecular formula is C9H13N5OS. The predicted molar refractivity (Wildman–Crippen MR) is 61.4 cm³/mol. The van der Waals surface area contributed by atoms with Crippen LogP contribution in [0.2, 0.25) is 0 Å². The second kappa shape index (κ2) is 3.91. The minimum Gasteiger partial charge on any atom is -0.396 e. The first-order chi connectivity index (χ1) is 7.53. The van der Waals surface area contributed by atoms with E-state index in [2.05, 4.69) is 20.3 Å². The standard InChI is InChI=1S/C9H13N5OS/c1-9(2,4-15)3-14-7-6(12-13-14)8(16)11-5-10-7/h5,15H,3-4H2,1-2H3,(H,10,11,16). The summed E-state index contributed by atoms with van der Waals surface area (Å²) in [7, 11) is 0. The van der Waals surface area contributed by atoms with Gasteiger partial charge in [0.25, 0.3) is 0 Å². The van der Waals surface area contributed by atoms with E-state index in [1.807, 2.05) is 13.8 Å². The summed E-state index contributed by atoms with van der Waals surface area (Å²) in [5.74, 6) is 0. The van der Waals surface area contributed by atoms with Crippen molar-refractivity contribution in [2.75, 3.05) is 6.61 Å². The molecule has 7 heteroatoms. The zero-order chi connectivity index (χ0) is 11.8. The smallest absolute Gasteiger partial charge is 0.166 e. The highest BCUT2D eigenvalue weighted by Crippen LogP contribution is 2.18.